The number of ether oxygens (including phenoxy) is 2. The van der Waals surface area contributed by atoms with Gasteiger partial charge >= 0.3 is 11.9 Å². The quantitative estimate of drug-likeness (QED) is 0.552. The third kappa shape index (κ3) is 6.84. The molecule has 2 atom stereocenters. The minimum Gasteiger partial charge on any atom is -0.459 e. The highest BCUT2D eigenvalue weighted by atomic mass is 16.5. The van der Waals surface area contributed by atoms with Gasteiger partial charge in [-0.2, -0.15) is 0 Å². The Morgan fingerprint density at radius 1 is 0.786 bits per heavy atom. The van der Waals surface area contributed by atoms with Gasteiger partial charge < -0.3 is 9.47 Å². The lowest BCUT2D eigenvalue weighted by molar-refractivity contribution is -0.00851. The molecule has 4 heteroatoms. The Morgan fingerprint density at radius 3 is 1.71 bits per heavy atom. The predicted molar refractivity (Wildman–Crippen MR) is 110 cm³/mol. The van der Waals surface area contributed by atoms with Crippen LogP contribution in [0.1, 0.15) is 67.7 Å². The molecule has 0 aliphatic heterocycles. The molecule has 0 aliphatic rings. The van der Waals surface area contributed by atoms with Crippen molar-refractivity contribution in [2.75, 3.05) is 0 Å². The molecule has 0 aliphatic carbocycles. The zero-order chi connectivity index (χ0) is 20.6. The van der Waals surface area contributed by atoms with E-state index in [2.05, 4.69) is 20.8 Å². The summed E-state index contributed by atoms with van der Waals surface area (Å²) in [5, 5.41) is 0. The summed E-state index contributed by atoms with van der Waals surface area (Å²) in [6.07, 6.45) is 1.83. The summed E-state index contributed by atoms with van der Waals surface area (Å²) >= 11 is 0. The first kappa shape index (κ1) is 21.7. The van der Waals surface area contributed by atoms with Crippen LogP contribution in [0.4, 0.5) is 0 Å². The Bertz CT molecular complexity index is 747. The van der Waals surface area contributed by atoms with Crippen LogP contribution in [0, 0.1) is 5.41 Å². The first-order chi connectivity index (χ1) is 13.3. The van der Waals surface area contributed by atoms with E-state index >= 15 is 0 Å². The molecule has 2 unspecified atom stereocenters. The first-order valence-electron chi connectivity index (χ1n) is 9.79. The molecule has 0 amide bonds. The highest BCUT2D eigenvalue weighted by molar-refractivity contribution is 5.89. The summed E-state index contributed by atoms with van der Waals surface area (Å²) in [6, 6.07) is 18.0. The van der Waals surface area contributed by atoms with E-state index in [1.54, 1.807) is 24.3 Å². The normalized spacial score (nSPS) is 13.4. The molecule has 0 spiro atoms. The van der Waals surface area contributed by atoms with Crippen molar-refractivity contribution in [3.8, 4) is 0 Å². The fraction of sp³-hybridized carbons (Fsp3) is 0.417. The molecule has 2 aromatic rings. The highest BCUT2D eigenvalue weighted by Gasteiger charge is 2.28. The van der Waals surface area contributed by atoms with Crippen molar-refractivity contribution >= 4 is 11.9 Å². The van der Waals surface area contributed by atoms with Gasteiger partial charge in [0.1, 0.15) is 6.10 Å². The zero-order valence-corrected chi connectivity index (χ0v) is 17.2. The smallest absolute Gasteiger partial charge is 0.338 e. The van der Waals surface area contributed by atoms with Gasteiger partial charge in [-0.05, 0) is 55.9 Å². The van der Waals surface area contributed by atoms with Gasteiger partial charge in [-0.3, -0.25) is 0 Å². The minimum atomic E-state index is -0.309. The number of carbonyl (C=O) groups excluding carboxylic acids is 2. The predicted octanol–water partition coefficient (Wildman–Crippen LogP) is 5.67. The third-order valence-corrected chi connectivity index (χ3v) is 4.62. The molecule has 0 aromatic heterocycles. The highest BCUT2D eigenvalue weighted by Crippen LogP contribution is 2.28. The fourth-order valence-electron chi connectivity index (χ4n) is 2.91. The molecule has 0 saturated heterocycles. The zero-order valence-electron chi connectivity index (χ0n) is 17.2. The van der Waals surface area contributed by atoms with Crippen LogP contribution in [0.2, 0.25) is 0 Å². The van der Waals surface area contributed by atoms with E-state index in [0.717, 1.165) is 12.8 Å². The summed E-state index contributed by atoms with van der Waals surface area (Å²) in [4.78, 5) is 24.5. The monoisotopic (exact) mass is 382 g/mol. The number of benzene rings is 2. The van der Waals surface area contributed by atoms with Crippen LogP contribution in [0.5, 0.6) is 0 Å². The second-order valence-electron chi connectivity index (χ2n) is 8.14. The fourth-order valence-corrected chi connectivity index (χ4v) is 2.91. The molecule has 4 nitrogen and oxygen atoms in total. The number of carbonyl (C=O) groups is 2. The lowest BCUT2D eigenvalue weighted by Crippen LogP contribution is -2.32. The molecule has 0 radical (unpaired) electrons. The van der Waals surface area contributed by atoms with Gasteiger partial charge in [0, 0.05) is 0 Å². The van der Waals surface area contributed by atoms with Crippen molar-refractivity contribution in [1.82, 2.24) is 0 Å². The maximum absolute atomic E-state index is 12.4. The molecular weight excluding hydrogens is 352 g/mol. The maximum Gasteiger partial charge on any atom is 0.338 e. The van der Waals surface area contributed by atoms with Gasteiger partial charge in [0.25, 0.3) is 0 Å². The Morgan fingerprint density at radius 2 is 1.25 bits per heavy atom. The molecular formula is C24H30O4. The molecule has 0 heterocycles. The molecule has 2 aromatic carbocycles. The number of hydrogen-bond acceptors (Lipinski definition) is 4. The number of esters is 2. The number of rotatable bonds is 8. The van der Waals surface area contributed by atoms with Crippen molar-refractivity contribution in [2.45, 2.75) is 59.2 Å². The van der Waals surface area contributed by atoms with Crippen molar-refractivity contribution in [2.24, 2.45) is 5.41 Å². The summed E-state index contributed by atoms with van der Waals surface area (Å²) < 4.78 is 11.3. The van der Waals surface area contributed by atoms with Crippen LogP contribution in [0.25, 0.3) is 0 Å². The van der Waals surface area contributed by atoms with Crippen molar-refractivity contribution in [3.05, 3.63) is 71.8 Å². The third-order valence-electron chi connectivity index (χ3n) is 4.62. The van der Waals surface area contributed by atoms with Gasteiger partial charge in [0.2, 0.25) is 0 Å². The molecule has 0 bridgehead atoms. The molecule has 0 N–H and O–H groups in total. The van der Waals surface area contributed by atoms with E-state index in [-0.39, 0.29) is 29.6 Å². The van der Waals surface area contributed by atoms with Crippen LogP contribution in [-0.4, -0.2) is 24.1 Å². The summed E-state index contributed by atoms with van der Waals surface area (Å²) in [6.45, 7) is 8.08. The van der Waals surface area contributed by atoms with Crippen LogP contribution in [0.3, 0.4) is 0 Å². The van der Waals surface area contributed by atoms with Gasteiger partial charge in [0.05, 0.1) is 17.2 Å². The van der Waals surface area contributed by atoms with E-state index in [0.29, 0.717) is 17.5 Å². The van der Waals surface area contributed by atoms with E-state index in [1.165, 1.54) is 0 Å². The maximum atomic E-state index is 12.4. The lowest BCUT2D eigenvalue weighted by Gasteiger charge is -2.30. The summed E-state index contributed by atoms with van der Waals surface area (Å²) in [5.41, 5.74) is 0.939. The Hall–Kier alpha value is -2.62. The molecule has 2 rings (SSSR count). The second-order valence-corrected chi connectivity index (χ2v) is 8.14. The standard InChI is InChI=1S/C24H30O4/c1-18(27-22(25)19-13-7-5-8-14-19)12-11-17-21(24(2,3)4)28-23(26)20-15-9-6-10-16-20/h5-10,13-16,18,21H,11-12,17H2,1-4H3. The van der Waals surface area contributed by atoms with Crippen LogP contribution in [-0.2, 0) is 9.47 Å². The van der Waals surface area contributed by atoms with Crippen LogP contribution in [0.15, 0.2) is 60.7 Å². The summed E-state index contributed by atoms with van der Waals surface area (Å²) in [7, 11) is 0. The van der Waals surface area contributed by atoms with Gasteiger partial charge in [0.15, 0.2) is 0 Å². The van der Waals surface area contributed by atoms with E-state index in [4.69, 9.17) is 9.47 Å². The van der Waals surface area contributed by atoms with Crippen molar-refractivity contribution in [3.63, 3.8) is 0 Å². The Labute approximate surface area is 167 Å². The summed E-state index contributed by atoms with van der Waals surface area (Å²) in [5.74, 6) is -0.611. The van der Waals surface area contributed by atoms with E-state index in [9.17, 15) is 9.59 Å². The van der Waals surface area contributed by atoms with Crippen molar-refractivity contribution < 1.29 is 19.1 Å². The van der Waals surface area contributed by atoms with Crippen molar-refractivity contribution in [1.29, 1.82) is 0 Å². The van der Waals surface area contributed by atoms with Gasteiger partial charge in [-0.1, -0.05) is 57.2 Å². The molecule has 150 valence electrons. The topological polar surface area (TPSA) is 52.6 Å². The van der Waals surface area contributed by atoms with E-state index < -0.39 is 0 Å². The molecule has 0 saturated carbocycles. The average Bonchev–Trinajstić information content (AvgIpc) is 2.67. The molecule has 28 heavy (non-hydrogen) atoms. The minimum absolute atomic E-state index is 0.172. The Balaban J connectivity index is 1.84. The lowest BCUT2D eigenvalue weighted by atomic mass is 9.85. The Kier molecular flexibility index (Phi) is 7.80. The number of hydrogen-bond donors (Lipinski definition) is 0. The second kappa shape index (κ2) is 10.1. The first-order valence-corrected chi connectivity index (χ1v) is 9.79. The van der Waals surface area contributed by atoms with Crippen LogP contribution < -0.4 is 0 Å². The van der Waals surface area contributed by atoms with Gasteiger partial charge in [-0.25, -0.2) is 9.59 Å². The molecule has 0 fully saturated rings. The largest absolute Gasteiger partial charge is 0.459 e. The van der Waals surface area contributed by atoms with Gasteiger partial charge in [-0.15, -0.1) is 0 Å². The average molecular weight is 383 g/mol. The SMILES string of the molecule is CC(CCCC(OC(=O)c1ccccc1)C(C)(C)C)OC(=O)c1ccccc1. The van der Waals surface area contributed by atoms with E-state index in [1.807, 2.05) is 43.3 Å². The van der Waals surface area contributed by atoms with Crippen LogP contribution >= 0.6 is 0 Å².